The maximum absolute atomic E-state index is 6.94. The highest BCUT2D eigenvalue weighted by Gasteiger charge is 2.33. The van der Waals surface area contributed by atoms with Gasteiger partial charge in [0, 0.05) is 52.5 Å². The first-order valence-corrected chi connectivity index (χ1v) is 12.5. The number of anilines is 1. The molecule has 1 unspecified atom stereocenters. The first kappa shape index (κ1) is 24.1. The number of unbranched alkanes of at least 4 members (excludes halogenated alkanes) is 3. The maximum atomic E-state index is 6.94. The molecule has 1 aromatic carbocycles. The van der Waals surface area contributed by atoms with E-state index in [1.165, 1.54) is 31.2 Å². The standard InChI is InChI=1S/C27H39N7/c1-4-5-6-7-10-22-12-14-23(15-13-22)27(28)21-25(32(2)3)30-26(31-27)34-19-17-33(18-20-34)24-11-8-9-16-29-24/h8-9,11-16,21H,4-7,10,17-20,28H2,1-3H3,(H,30,31). The zero-order valence-electron chi connectivity index (χ0n) is 20.9. The molecule has 0 bridgehead atoms. The Labute approximate surface area is 204 Å². The number of hydrogen-bond donors (Lipinski definition) is 2. The van der Waals surface area contributed by atoms with E-state index in [0.29, 0.717) is 0 Å². The predicted octanol–water partition coefficient (Wildman–Crippen LogP) is 3.50. The second kappa shape index (κ2) is 10.9. The Kier molecular flexibility index (Phi) is 7.73. The van der Waals surface area contributed by atoms with Gasteiger partial charge < -0.3 is 20.0 Å². The van der Waals surface area contributed by atoms with Crippen LogP contribution in [0.4, 0.5) is 5.82 Å². The summed E-state index contributed by atoms with van der Waals surface area (Å²) in [5, 5.41) is 3.50. The number of piperazine rings is 1. The zero-order valence-corrected chi connectivity index (χ0v) is 20.9. The van der Waals surface area contributed by atoms with Crippen molar-refractivity contribution in [3.8, 4) is 0 Å². The van der Waals surface area contributed by atoms with Crippen LogP contribution in [0.3, 0.4) is 0 Å². The summed E-state index contributed by atoms with van der Waals surface area (Å²) in [7, 11) is 4.06. The van der Waals surface area contributed by atoms with Gasteiger partial charge in [-0.15, -0.1) is 0 Å². The van der Waals surface area contributed by atoms with Crippen LogP contribution in [0.25, 0.3) is 0 Å². The van der Waals surface area contributed by atoms with Gasteiger partial charge in [0.05, 0.1) is 0 Å². The van der Waals surface area contributed by atoms with Crippen molar-refractivity contribution in [1.29, 1.82) is 0 Å². The van der Waals surface area contributed by atoms with E-state index in [1.807, 2.05) is 38.5 Å². The molecule has 182 valence electrons. The molecular formula is C27H39N7. The summed E-state index contributed by atoms with van der Waals surface area (Å²) in [6, 6.07) is 14.8. The van der Waals surface area contributed by atoms with Crippen molar-refractivity contribution in [2.24, 2.45) is 10.7 Å². The van der Waals surface area contributed by atoms with Crippen LogP contribution in [0.2, 0.25) is 0 Å². The third-order valence-corrected chi connectivity index (χ3v) is 6.66. The van der Waals surface area contributed by atoms with Crippen molar-refractivity contribution < 1.29 is 0 Å². The lowest BCUT2D eigenvalue weighted by molar-refractivity contribution is 0.352. The van der Waals surface area contributed by atoms with Gasteiger partial charge in [0.2, 0.25) is 5.96 Å². The average Bonchev–Trinajstić information content (AvgIpc) is 2.87. The minimum absolute atomic E-state index is 0.831. The number of rotatable bonds is 8. The van der Waals surface area contributed by atoms with E-state index in [9.17, 15) is 0 Å². The van der Waals surface area contributed by atoms with Gasteiger partial charge in [0.25, 0.3) is 0 Å². The number of nitrogens with one attached hydrogen (secondary N) is 1. The lowest BCUT2D eigenvalue weighted by atomic mass is 9.96. The van der Waals surface area contributed by atoms with Crippen molar-refractivity contribution in [2.75, 3.05) is 45.2 Å². The molecule has 2 aliphatic rings. The van der Waals surface area contributed by atoms with Crippen LogP contribution in [-0.4, -0.2) is 61.0 Å². The quantitative estimate of drug-likeness (QED) is 0.586. The van der Waals surface area contributed by atoms with Gasteiger partial charge in [-0.2, -0.15) is 0 Å². The number of hydrogen-bond acceptors (Lipinski definition) is 7. The van der Waals surface area contributed by atoms with E-state index < -0.39 is 5.66 Å². The van der Waals surface area contributed by atoms with Crippen molar-refractivity contribution in [2.45, 2.75) is 44.7 Å². The fraction of sp³-hybridized carbons (Fsp3) is 0.481. The Morgan fingerprint density at radius 1 is 0.971 bits per heavy atom. The molecule has 1 saturated heterocycles. The molecule has 0 saturated carbocycles. The van der Waals surface area contributed by atoms with E-state index in [0.717, 1.165) is 55.8 Å². The Morgan fingerprint density at radius 3 is 2.35 bits per heavy atom. The Bertz CT molecular complexity index is 976. The molecule has 0 spiro atoms. The largest absolute Gasteiger partial charge is 0.364 e. The normalized spacial score (nSPS) is 20.5. The summed E-state index contributed by atoms with van der Waals surface area (Å²) >= 11 is 0. The van der Waals surface area contributed by atoms with Crippen LogP contribution in [0, 0.1) is 0 Å². The number of aliphatic imine (C=N–C) groups is 1. The van der Waals surface area contributed by atoms with Crippen LogP contribution in [0.15, 0.2) is 65.6 Å². The molecule has 3 heterocycles. The maximum Gasteiger partial charge on any atom is 0.202 e. The number of benzene rings is 1. The van der Waals surface area contributed by atoms with Gasteiger partial charge >= 0.3 is 0 Å². The number of aromatic nitrogens is 1. The Balaban J connectivity index is 1.48. The molecule has 2 aromatic rings. The minimum atomic E-state index is -0.904. The number of nitrogens with zero attached hydrogens (tertiary/aromatic N) is 5. The SMILES string of the molecule is CCCCCCc1ccc(C2(N)C=C(N(C)C)NC(N3CCN(c4ccccn4)CC3)=N2)cc1. The summed E-state index contributed by atoms with van der Waals surface area (Å²) in [5.74, 6) is 2.82. The third-order valence-electron chi connectivity index (χ3n) is 6.66. The van der Waals surface area contributed by atoms with Crippen LogP contribution in [0.1, 0.15) is 43.7 Å². The molecule has 4 rings (SSSR count). The summed E-state index contributed by atoms with van der Waals surface area (Å²) < 4.78 is 0. The molecule has 1 fully saturated rings. The number of nitrogens with two attached hydrogens (primary N) is 1. The molecule has 34 heavy (non-hydrogen) atoms. The molecule has 7 nitrogen and oxygen atoms in total. The van der Waals surface area contributed by atoms with Gasteiger partial charge in [0.15, 0.2) is 5.66 Å². The minimum Gasteiger partial charge on any atom is -0.364 e. The highest BCUT2D eigenvalue weighted by atomic mass is 15.4. The molecule has 1 aromatic heterocycles. The van der Waals surface area contributed by atoms with Crippen LogP contribution < -0.4 is 16.0 Å². The monoisotopic (exact) mass is 461 g/mol. The molecule has 3 N–H and O–H groups in total. The van der Waals surface area contributed by atoms with Gasteiger partial charge in [-0.3, -0.25) is 5.73 Å². The predicted molar refractivity (Wildman–Crippen MR) is 141 cm³/mol. The molecule has 1 atom stereocenters. The molecular weight excluding hydrogens is 422 g/mol. The summed E-state index contributed by atoms with van der Waals surface area (Å²) in [6.07, 6.45) is 10.1. The summed E-state index contributed by atoms with van der Waals surface area (Å²) in [5.41, 5.74) is 8.41. The fourth-order valence-electron chi connectivity index (χ4n) is 4.52. The second-order valence-electron chi connectivity index (χ2n) is 9.48. The molecule has 0 amide bonds. The molecule has 7 heteroatoms. The van der Waals surface area contributed by atoms with E-state index in [-0.39, 0.29) is 0 Å². The van der Waals surface area contributed by atoms with Gasteiger partial charge in [0.1, 0.15) is 11.6 Å². The Hall–Kier alpha value is -3.06. The van der Waals surface area contributed by atoms with Gasteiger partial charge in [-0.1, -0.05) is 56.5 Å². The topological polar surface area (TPSA) is 73.0 Å². The number of aryl methyl sites for hydroxylation is 1. The lowest BCUT2D eigenvalue weighted by Gasteiger charge is -2.41. The number of guanidine groups is 1. The molecule has 0 aliphatic carbocycles. The fourth-order valence-corrected chi connectivity index (χ4v) is 4.52. The van der Waals surface area contributed by atoms with Crippen molar-refractivity contribution >= 4 is 11.8 Å². The van der Waals surface area contributed by atoms with Crippen LogP contribution >= 0.6 is 0 Å². The average molecular weight is 462 g/mol. The third kappa shape index (κ3) is 5.70. The van der Waals surface area contributed by atoms with Crippen LogP contribution in [-0.2, 0) is 12.1 Å². The smallest absolute Gasteiger partial charge is 0.202 e. The van der Waals surface area contributed by atoms with E-state index >= 15 is 0 Å². The summed E-state index contributed by atoms with van der Waals surface area (Å²) in [6.45, 7) is 5.75. The first-order valence-electron chi connectivity index (χ1n) is 12.5. The van der Waals surface area contributed by atoms with Gasteiger partial charge in [-0.25, -0.2) is 9.98 Å². The second-order valence-corrected chi connectivity index (χ2v) is 9.48. The highest BCUT2D eigenvalue weighted by molar-refractivity contribution is 5.83. The van der Waals surface area contributed by atoms with E-state index in [2.05, 4.69) is 62.3 Å². The number of pyridine rings is 1. The van der Waals surface area contributed by atoms with Crippen molar-refractivity contribution in [3.05, 3.63) is 71.7 Å². The summed E-state index contributed by atoms with van der Waals surface area (Å²) in [4.78, 5) is 16.2. The van der Waals surface area contributed by atoms with E-state index in [4.69, 9.17) is 10.7 Å². The molecule has 2 aliphatic heterocycles. The van der Waals surface area contributed by atoms with Crippen LogP contribution in [0.5, 0.6) is 0 Å². The van der Waals surface area contributed by atoms with Crippen molar-refractivity contribution in [1.82, 2.24) is 20.1 Å². The highest BCUT2D eigenvalue weighted by Crippen LogP contribution is 2.28. The van der Waals surface area contributed by atoms with E-state index in [1.54, 1.807) is 0 Å². The van der Waals surface area contributed by atoms with Gasteiger partial charge in [-0.05, 0) is 36.1 Å². The zero-order chi connectivity index (χ0) is 24.0. The molecule has 0 radical (unpaired) electrons. The van der Waals surface area contributed by atoms with Crippen molar-refractivity contribution in [3.63, 3.8) is 0 Å². The Morgan fingerprint density at radius 2 is 1.71 bits per heavy atom. The first-order chi connectivity index (χ1) is 16.5. The lowest BCUT2D eigenvalue weighted by Crippen LogP contribution is -2.56.